The number of anilines is 2. The second kappa shape index (κ2) is 8.57. The molecule has 0 atom stereocenters. The van der Waals surface area contributed by atoms with Crippen LogP contribution in [0, 0.1) is 5.21 Å². The number of pyridine rings is 1. The summed E-state index contributed by atoms with van der Waals surface area (Å²) in [6, 6.07) is 11.1. The zero-order chi connectivity index (χ0) is 20.2. The Bertz CT molecular complexity index is 1110. The first-order valence-corrected chi connectivity index (χ1v) is 10.7. The molecule has 3 aromatic rings. The Balaban J connectivity index is 1.38. The first-order valence-electron chi connectivity index (χ1n) is 9.57. The lowest BCUT2D eigenvalue weighted by molar-refractivity contribution is -0.605. The highest BCUT2D eigenvalue weighted by atomic mass is 32.2. The van der Waals surface area contributed by atoms with E-state index in [0.717, 1.165) is 28.8 Å². The number of H-pyrrole nitrogens is 1. The zero-order valence-corrected chi connectivity index (χ0v) is 16.7. The van der Waals surface area contributed by atoms with Gasteiger partial charge in [-0.1, -0.05) is 6.07 Å². The molecule has 1 aliphatic rings. The van der Waals surface area contributed by atoms with E-state index in [0.29, 0.717) is 23.9 Å². The zero-order valence-electron chi connectivity index (χ0n) is 15.9. The lowest BCUT2D eigenvalue weighted by Crippen LogP contribution is -2.35. The summed E-state index contributed by atoms with van der Waals surface area (Å²) in [6.45, 7) is 0.308. The predicted octanol–water partition coefficient (Wildman–Crippen LogP) is 2.34. The summed E-state index contributed by atoms with van der Waals surface area (Å²) in [4.78, 5) is 27.5. The average molecular weight is 410 g/mol. The molecule has 150 valence electrons. The molecule has 0 fully saturated rings. The van der Waals surface area contributed by atoms with Crippen LogP contribution in [0.3, 0.4) is 0 Å². The van der Waals surface area contributed by atoms with Crippen LogP contribution in [0.5, 0.6) is 0 Å². The fourth-order valence-electron chi connectivity index (χ4n) is 3.54. The summed E-state index contributed by atoms with van der Waals surface area (Å²) in [6.07, 6.45) is 6.31. The molecule has 0 aliphatic heterocycles. The van der Waals surface area contributed by atoms with E-state index in [-0.39, 0.29) is 5.56 Å². The van der Waals surface area contributed by atoms with Gasteiger partial charge in [0, 0.05) is 41.4 Å². The van der Waals surface area contributed by atoms with Crippen molar-refractivity contribution in [1.29, 1.82) is 0 Å². The van der Waals surface area contributed by atoms with Crippen LogP contribution in [-0.4, -0.2) is 15.3 Å². The van der Waals surface area contributed by atoms with Crippen molar-refractivity contribution in [2.24, 2.45) is 0 Å². The molecule has 0 saturated carbocycles. The molecule has 4 rings (SSSR count). The van der Waals surface area contributed by atoms with E-state index in [9.17, 15) is 14.8 Å². The largest absolute Gasteiger partial charge is 0.619 e. The normalized spacial score (nSPS) is 12.7. The van der Waals surface area contributed by atoms with Crippen molar-refractivity contribution >= 4 is 23.3 Å². The van der Waals surface area contributed by atoms with Crippen molar-refractivity contribution in [3.8, 4) is 0 Å². The number of fused-ring (bicyclic) bond motifs is 1. The maximum Gasteiger partial charge on any atom is 0.329 e. The van der Waals surface area contributed by atoms with Gasteiger partial charge in [-0.05, 0) is 48.6 Å². The lowest BCUT2D eigenvalue weighted by atomic mass is 10.1. The number of aryl methyl sites for hydroxylation is 2. The molecule has 29 heavy (non-hydrogen) atoms. The SMILES string of the molecule is O=c1cc(Nc2ccc3c(c2)CCC3)[nH]c(=O)n1CCSCc1ccc[n+]([O-])c1. The predicted molar refractivity (Wildman–Crippen MR) is 115 cm³/mol. The molecule has 0 unspecified atom stereocenters. The minimum atomic E-state index is -0.432. The van der Waals surface area contributed by atoms with E-state index in [1.54, 1.807) is 17.8 Å². The summed E-state index contributed by atoms with van der Waals surface area (Å²) in [5, 5.41) is 14.4. The van der Waals surface area contributed by atoms with Gasteiger partial charge < -0.3 is 10.5 Å². The topological polar surface area (TPSA) is 93.8 Å². The fraction of sp³-hybridized carbons (Fsp3) is 0.286. The van der Waals surface area contributed by atoms with E-state index < -0.39 is 5.69 Å². The number of thioether (sulfide) groups is 1. The van der Waals surface area contributed by atoms with E-state index in [4.69, 9.17) is 0 Å². The number of nitrogens with one attached hydrogen (secondary N) is 2. The number of aromatic amines is 1. The number of hydrogen-bond acceptors (Lipinski definition) is 5. The van der Waals surface area contributed by atoms with Gasteiger partial charge >= 0.3 is 5.69 Å². The molecule has 2 N–H and O–H groups in total. The van der Waals surface area contributed by atoms with E-state index >= 15 is 0 Å². The third-order valence-electron chi connectivity index (χ3n) is 4.96. The number of rotatable bonds is 7. The molecule has 1 aliphatic carbocycles. The highest BCUT2D eigenvalue weighted by Gasteiger charge is 2.11. The van der Waals surface area contributed by atoms with Gasteiger partial charge in [-0.3, -0.25) is 14.3 Å². The summed E-state index contributed by atoms with van der Waals surface area (Å²) >= 11 is 1.57. The van der Waals surface area contributed by atoms with Gasteiger partial charge in [-0.2, -0.15) is 16.5 Å². The molecule has 2 aromatic heterocycles. The molecule has 8 heteroatoms. The average Bonchev–Trinajstić information content (AvgIpc) is 3.15. The molecule has 0 bridgehead atoms. The van der Waals surface area contributed by atoms with Gasteiger partial charge in [-0.25, -0.2) is 4.79 Å². The highest BCUT2D eigenvalue weighted by molar-refractivity contribution is 7.98. The Labute approximate surface area is 172 Å². The first kappa shape index (κ1) is 19.3. The number of benzene rings is 1. The van der Waals surface area contributed by atoms with Crippen molar-refractivity contribution in [1.82, 2.24) is 9.55 Å². The van der Waals surface area contributed by atoms with E-state index in [1.807, 2.05) is 12.1 Å². The molecule has 7 nitrogen and oxygen atoms in total. The van der Waals surface area contributed by atoms with Crippen LogP contribution >= 0.6 is 11.8 Å². The number of aromatic nitrogens is 3. The molecule has 0 spiro atoms. The molecular formula is C21H22N4O3S. The Morgan fingerprint density at radius 2 is 2.03 bits per heavy atom. The molecular weight excluding hydrogens is 388 g/mol. The summed E-state index contributed by atoms with van der Waals surface area (Å²) < 4.78 is 1.96. The lowest BCUT2D eigenvalue weighted by Gasteiger charge is -2.10. The maximum absolute atomic E-state index is 12.4. The Morgan fingerprint density at radius 1 is 1.17 bits per heavy atom. The van der Waals surface area contributed by atoms with Gasteiger partial charge in [0.1, 0.15) is 5.82 Å². The van der Waals surface area contributed by atoms with E-state index in [1.165, 1.54) is 40.6 Å². The van der Waals surface area contributed by atoms with Crippen molar-refractivity contribution < 1.29 is 4.73 Å². The Kier molecular flexibility index (Phi) is 5.71. The molecule has 0 radical (unpaired) electrons. The summed E-state index contributed by atoms with van der Waals surface area (Å²) in [5.41, 5.74) is 3.70. The number of nitrogens with zero attached hydrogens (tertiary/aromatic N) is 2. The number of hydrogen-bond donors (Lipinski definition) is 2. The van der Waals surface area contributed by atoms with Crippen LogP contribution in [0.2, 0.25) is 0 Å². The van der Waals surface area contributed by atoms with Crippen LogP contribution in [0.4, 0.5) is 11.5 Å². The van der Waals surface area contributed by atoms with Crippen LogP contribution < -0.4 is 21.3 Å². The first-order chi connectivity index (χ1) is 14.1. The van der Waals surface area contributed by atoms with Crippen LogP contribution in [0.1, 0.15) is 23.1 Å². The van der Waals surface area contributed by atoms with Crippen molar-refractivity contribution in [3.05, 3.63) is 91.5 Å². The van der Waals surface area contributed by atoms with E-state index in [2.05, 4.69) is 22.4 Å². The maximum atomic E-state index is 12.4. The summed E-state index contributed by atoms with van der Waals surface area (Å²) in [5.74, 6) is 1.63. The standard InChI is InChI=1S/C21H22N4O3S/c26-20-12-19(22-18-7-6-16-4-1-5-17(16)11-18)23-21(27)25(20)9-10-29-14-15-3-2-8-24(28)13-15/h2-3,6-8,11-13,22H,1,4-5,9-10,14H2,(H,23,27). The quantitative estimate of drug-likeness (QED) is 0.354. The van der Waals surface area contributed by atoms with Crippen molar-refractivity contribution in [2.75, 3.05) is 11.1 Å². The van der Waals surface area contributed by atoms with Gasteiger partial charge in [-0.15, -0.1) is 0 Å². The fourth-order valence-corrected chi connectivity index (χ4v) is 4.40. The minimum absolute atomic E-state index is 0.308. The third kappa shape index (κ3) is 4.71. The van der Waals surface area contributed by atoms with Crippen LogP contribution in [0.15, 0.2) is 58.4 Å². The Hall–Kier alpha value is -3.00. The molecule has 1 aromatic carbocycles. The van der Waals surface area contributed by atoms with Gasteiger partial charge in [0.15, 0.2) is 12.4 Å². The van der Waals surface area contributed by atoms with Crippen LogP contribution in [-0.2, 0) is 25.1 Å². The smallest absolute Gasteiger partial charge is 0.329 e. The minimum Gasteiger partial charge on any atom is -0.619 e. The second-order valence-electron chi connectivity index (χ2n) is 7.06. The molecule has 0 amide bonds. The van der Waals surface area contributed by atoms with Gasteiger partial charge in [0.25, 0.3) is 5.56 Å². The molecule has 0 saturated heterocycles. The monoisotopic (exact) mass is 410 g/mol. The van der Waals surface area contributed by atoms with Crippen molar-refractivity contribution in [3.63, 3.8) is 0 Å². The summed E-state index contributed by atoms with van der Waals surface area (Å²) in [7, 11) is 0. The van der Waals surface area contributed by atoms with Crippen LogP contribution in [0.25, 0.3) is 0 Å². The third-order valence-corrected chi connectivity index (χ3v) is 5.97. The highest BCUT2D eigenvalue weighted by Crippen LogP contribution is 2.25. The second-order valence-corrected chi connectivity index (χ2v) is 8.17. The Morgan fingerprint density at radius 3 is 2.86 bits per heavy atom. The van der Waals surface area contributed by atoms with Gasteiger partial charge in [0.2, 0.25) is 0 Å². The molecule has 2 heterocycles. The van der Waals surface area contributed by atoms with Gasteiger partial charge in [0.05, 0.1) is 0 Å². The van der Waals surface area contributed by atoms with Crippen molar-refractivity contribution in [2.45, 2.75) is 31.6 Å².